The van der Waals surface area contributed by atoms with Crippen molar-refractivity contribution in [2.75, 3.05) is 13.4 Å². The molecule has 0 aliphatic heterocycles. The Morgan fingerprint density at radius 2 is 2.05 bits per heavy atom. The number of aromatic nitrogens is 2. The second-order valence-electron chi connectivity index (χ2n) is 4.22. The van der Waals surface area contributed by atoms with Crippen LogP contribution in [0.3, 0.4) is 0 Å². The van der Waals surface area contributed by atoms with Crippen LogP contribution in [-0.4, -0.2) is 37.5 Å². The first-order valence-corrected chi connectivity index (χ1v) is 8.61. The van der Waals surface area contributed by atoms with Crippen molar-refractivity contribution in [1.82, 2.24) is 9.97 Å². The van der Waals surface area contributed by atoms with Crippen molar-refractivity contribution in [3.63, 3.8) is 0 Å². The minimum atomic E-state index is -3.57. The van der Waals surface area contributed by atoms with E-state index in [1.165, 1.54) is 19.4 Å². The maximum Gasteiger partial charge on any atom is 0.289 e. The van der Waals surface area contributed by atoms with Gasteiger partial charge in [0.05, 0.1) is 35.9 Å². The molecule has 0 aromatic carbocycles. The van der Waals surface area contributed by atoms with Crippen molar-refractivity contribution in [2.24, 2.45) is 0 Å². The van der Waals surface area contributed by atoms with Gasteiger partial charge in [-0.05, 0) is 29.5 Å². The number of halogens is 2. The van der Waals surface area contributed by atoms with Crippen molar-refractivity contribution in [1.29, 1.82) is 0 Å². The standard InChI is InChI=1S/C12H12F2N2O4S2/c1-19-11-10(21-12(13)14)4-8-9(16-11)3-7(5-15-8)6-20-22(2,17)18/h3-5,12H,6H2,1-2H3. The molecule has 0 radical (unpaired) electrons. The molecule has 0 aliphatic rings. The molecule has 22 heavy (non-hydrogen) atoms. The van der Waals surface area contributed by atoms with Crippen LogP contribution in [0.25, 0.3) is 11.0 Å². The molecule has 2 aromatic rings. The number of alkyl halides is 2. The van der Waals surface area contributed by atoms with Crippen LogP contribution in [0.1, 0.15) is 5.56 Å². The molecule has 0 unspecified atom stereocenters. The maximum atomic E-state index is 12.5. The first-order chi connectivity index (χ1) is 10.3. The molecule has 0 spiro atoms. The Morgan fingerprint density at radius 3 is 2.64 bits per heavy atom. The lowest BCUT2D eigenvalue weighted by Gasteiger charge is -2.09. The number of methoxy groups -OCH3 is 1. The predicted octanol–water partition coefficient (Wildman–Crippen LogP) is 2.43. The van der Waals surface area contributed by atoms with E-state index in [2.05, 4.69) is 14.2 Å². The summed E-state index contributed by atoms with van der Waals surface area (Å²) in [5, 5.41) is 0. The van der Waals surface area contributed by atoms with Crippen LogP contribution < -0.4 is 4.74 Å². The second kappa shape index (κ2) is 6.71. The van der Waals surface area contributed by atoms with E-state index < -0.39 is 15.9 Å². The van der Waals surface area contributed by atoms with Crippen LogP contribution in [0, 0.1) is 0 Å². The SMILES string of the molecule is COc1nc2cc(COS(C)(=O)=O)cnc2cc1SC(F)F. The van der Waals surface area contributed by atoms with Gasteiger partial charge in [-0.25, -0.2) is 4.98 Å². The monoisotopic (exact) mass is 350 g/mol. The van der Waals surface area contributed by atoms with Crippen molar-refractivity contribution in [3.05, 3.63) is 23.9 Å². The summed E-state index contributed by atoms with van der Waals surface area (Å²) in [6, 6.07) is 3.01. The lowest BCUT2D eigenvalue weighted by atomic mass is 10.2. The minimum Gasteiger partial charge on any atom is -0.480 e. The number of pyridine rings is 2. The Bertz CT molecular complexity index is 784. The Labute approximate surface area is 130 Å². The first kappa shape index (κ1) is 16.8. The van der Waals surface area contributed by atoms with Crippen LogP contribution in [0.2, 0.25) is 0 Å². The zero-order valence-corrected chi connectivity index (χ0v) is 13.2. The zero-order chi connectivity index (χ0) is 16.3. The van der Waals surface area contributed by atoms with Gasteiger partial charge in [-0.2, -0.15) is 17.2 Å². The Hall–Kier alpha value is -1.52. The van der Waals surface area contributed by atoms with Gasteiger partial charge < -0.3 is 4.74 Å². The summed E-state index contributed by atoms with van der Waals surface area (Å²) in [6.45, 7) is -0.181. The summed E-state index contributed by atoms with van der Waals surface area (Å²) in [5.41, 5.74) is 1.28. The summed E-state index contributed by atoms with van der Waals surface area (Å²) >= 11 is 0.317. The molecule has 0 atom stereocenters. The lowest BCUT2D eigenvalue weighted by Crippen LogP contribution is -2.03. The highest BCUT2D eigenvalue weighted by atomic mass is 32.2. The Morgan fingerprint density at radius 1 is 1.32 bits per heavy atom. The third-order valence-electron chi connectivity index (χ3n) is 2.50. The normalized spacial score (nSPS) is 12.0. The van der Waals surface area contributed by atoms with Crippen molar-refractivity contribution in [2.45, 2.75) is 17.3 Å². The van der Waals surface area contributed by atoms with Gasteiger partial charge in [-0.1, -0.05) is 0 Å². The summed E-state index contributed by atoms with van der Waals surface area (Å²) in [6.07, 6.45) is 2.34. The van der Waals surface area contributed by atoms with Gasteiger partial charge in [-0.3, -0.25) is 9.17 Å². The summed E-state index contributed by atoms with van der Waals surface area (Å²) in [5.74, 6) is -2.55. The van der Waals surface area contributed by atoms with E-state index in [4.69, 9.17) is 4.74 Å². The molecule has 2 rings (SSSR count). The third kappa shape index (κ3) is 4.49. The van der Waals surface area contributed by atoms with Crippen molar-refractivity contribution in [3.8, 4) is 5.88 Å². The molecular weight excluding hydrogens is 338 g/mol. The van der Waals surface area contributed by atoms with Crippen molar-refractivity contribution < 1.29 is 26.1 Å². The molecule has 120 valence electrons. The molecule has 6 nitrogen and oxygen atoms in total. The molecule has 2 heterocycles. The minimum absolute atomic E-state index is 0.0563. The van der Waals surface area contributed by atoms with Gasteiger partial charge in [-0.15, -0.1) is 0 Å². The fourth-order valence-corrected chi connectivity index (χ4v) is 2.59. The van der Waals surface area contributed by atoms with Gasteiger partial charge in [0.2, 0.25) is 5.88 Å². The maximum absolute atomic E-state index is 12.5. The number of nitrogens with zero attached hydrogens (tertiary/aromatic N) is 2. The number of hydrogen-bond donors (Lipinski definition) is 0. The molecule has 0 amide bonds. The predicted molar refractivity (Wildman–Crippen MR) is 77.6 cm³/mol. The van der Waals surface area contributed by atoms with Gasteiger partial charge in [0, 0.05) is 6.20 Å². The smallest absolute Gasteiger partial charge is 0.289 e. The van der Waals surface area contributed by atoms with Crippen LogP contribution in [0.5, 0.6) is 5.88 Å². The summed E-state index contributed by atoms with van der Waals surface area (Å²) in [7, 11) is -2.24. The number of fused-ring (bicyclic) bond motifs is 1. The molecule has 0 saturated carbocycles. The third-order valence-corrected chi connectivity index (χ3v) is 3.77. The number of thioether (sulfide) groups is 1. The molecule has 0 bridgehead atoms. The first-order valence-electron chi connectivity index (χ1n) is 5.91. The van der Waals surface area contributed by atoms with Gasteiger partial charge in [0.1, 0.15) is 0 Å². The highest BCUT2D eigenvalue weighted by Gasteiger charge is 2.14. The van der Waals surface area contributed by atoms with Crippen LogP contribution in [-0.2, 0) is 20.9 Å². The highest BCUT2D eigenvalue weighted by Crippen LogP contribution is 2.34. The summed E-state index contributed by atoms with van der Waals surface area (Å²) in [4.78, 5) is 8.36. The molecule has 10 heteroatoms. The second-order valence-corrected chi connectivity index (χ2v) is 6.90. The van der Waals surface area contributed by atoms with Gasteiger partial charge >= 0.3 is 0 Å². The molecule has 0 N–H and O–H groups in total. The topological polar surface area (TPSA) is 78.4 Å². The van der Waals surface area contributed by atoms with E-state index in [9.17, 15) is 17.2 Å². The van der Waals surface area contributed by atoms with Crippen LogP contribution in [0.15, 0.2) is 23.2 Å². The van der Waals surface area contributed by atoms with Crippen molar-refractivity contribution >= 4 is 32.9 Å². The largest absolute Gasteiger partial charge is 0.480 e. The Kier molecular flexibility index (Phi) is 5.14. The van der Waals surface area contributed by atoms with Gasteiger partial charge in [0.15, 0.2) is 0 Å². The molecule has 0 aliphatic carbocycles. The average molecular weight is 350 g/mol. The van der Waals surface area contributed by atoms with E-state index in [1.807, 2.05) is 0 Å². The molecular formula is C12H12F2N2O4S2. The van der Waals surface area contributed by atoms with Gasteiger partial charge in [0.25, 0.3) is 15.9 Å². The molecule has 2 aromatic heterocycles. The number of hydrogen-bond acceptors (Lipinski definition) is 7. The zero-order valence-electron chi connectivity index (χ0n) is 11.6. The highest BCUT2D eigenvalue weighted by molar-refractivity contribution is 7.99. The number of ether oxygens (including phenoxy) is 1. The fourth-order valence-electron chi connectivity index (χ4n) is 1.64. The number of rotatable bonds is 6. The average Bonchev–Trinajstić information content (AvgIpc) is 2.43. The lowest BCUT2D eigenvalue weighted by molar-refractivity contribution is 0.251. The quantitative estimate of drug-likeness (QED) is 0.585. The fraction of sp³-hybridized carbons (Fsp3) is 0.333. The van der Waals surface area contributed by atoms with E-state index >= 15 is 0 Å². The Balaban J connectivity index is 2.36. The molecule has 0 fully saturated rings. The van der Waals surface area contributed by atoms with E-state index in [-0.39, 0.29) is 17.4 Å². The van der Waals surface area contributed by atoms with Crippen LogP contribution in [0.4, 0.5) is 8.78 Å². The van der Waals surface area contributed by atoms with E-state index in [0.717, 1.165) is 6.26 Å². The van der Waals surface area contributed by atoms with E-state index in [0.29, 0.717) is 28.4 Å². The van der Waals surface area contributed by atoms with E-state index in [1.54, 1.807) is 6.07 Å². The molecule has 0 saturated heterocycles. The van der Waals surface area contributed by atoms with Crippen LogP contribution >= 0.6 is 11.8 Å². The summed E-state index contributed by atoms with van der Waals surface area (Å²) < 4.78 is 56.6.